The predicted octanol–water partition coefficient (Wildman–Crippen LogP) is 5.19. The number of nitrogens with two attached hydrogens (primary N) is 1. The van der Waals surface area contributed by atoms with Gasteiger partial charge in [0.05, 0.1) is 17.9 Å². The Morgan fingerprint density at radius 1 is 1.20 bits per heavy atom. The molecule has 2 saturated carbocycles. The van der Waals surface area contributed by atoms with Crippen LogP contribution in [-0.2, 0) is 11.3 Å². The van der Waals surface area contributed by atoms with Crippen molar-refractivity contribution < 1.29 is 14.6 Å². The molecule has 4 N–H and O–H groups in total. The molecule has 168 valence electrons. The highest BCUT2D eigenvalue weighted by atomic mass is 79.9. The smallest absolute Gasteiger partial charge is 0.338 e. The average molecular weight is 481 g/mol. The summed E-state index contributed by atoms with van der Waals surface area (Å²) in [5.74, 6) is 0.519. The lowest BCUT2D eigenvalue weighted by Gasteiger charge is -2.38. The molecule has 1 aromatic carbocycles. The summed E-state index contributed by atoms with van der Waals surface area (Å²) in [6.45, 7) is 3.62. The number of anilines is 1. The summed E-state index contributed by atoms with van der Waals surface area (Å²) < 4.78 is 6.38. The maximum atomic E-state index is 12.7. The van der Waals surface area contributed by atoms with Gasteiger partial charge in [-0.1, -0.05) is 26.2 Å². The van der Waals surface area contributed by atoms with E-state index in [9.17, 15) is 9.90 Å². The highest BCUT2D eigenvalue weighted by Crippen LogP contribution is 2.33. The van der Waals surface area contributed by atoms with E-state index in [1.165, 1.54) is 32.1 Å². The third-order valence-electron chi connectivity index (χ3n) is 7.27. The van der Waals surface area contributed by atoms with Crippen LogP contribution in [0.5, 0.6) is 0 Å². The molecule has 0 unspecified atom stereocenters. The number of nitrogens with one attached hydrogen (secondary N) is 1. The second-order valence-electron chi connectivity index (χ2n) is 9.25. The van der Waals surface area contributed by atoms with E-state index in [1.807, 2.05) is 6.07 Å². The lowest BCUT2D eigenvalue weighted by atomic mass is 9.79. The number of halogens is 1. The van der Waals surface area contributed by atoms with Crippen LogP contribution in [0.1, 0.15) is 87.1 Å². The quantitative estimate of drug-likeness (QED) is 0.352. The molecule has 0 bridgehead atoms. The number of aliphatic hydroxyl groups is 1. The highest BCUT2D eigenvalue weighted by molar-refractivity contribution is 9.10. The molecule has 2 fully saturated rings. The first kappa shape index (κ1) is 23.6. The molecule has 2 aliphatic rings. The van der Waals surface area contributed by atoms with Gasteiger partial charge in [-0.2, -0.15) is 0 Å². The number of nitrogen functional groups attached to an aromatic ring is 1. The Hall–Kier alpha value is -1.11. The van der Waals surface area contributed by atoms with E-state index in [4.69, 9.17) is 10.5 Å². The van der Waals surface area contributed by atoms with Crippen molar-refractivity contribution in [1.82, 2.24) is 5.32 Å². The molecule has 0 aliphatic heterocycles. The monoisotopic (exact) mass is 480 g/mol. The van der Waals surface area contributed by atoms with Crippen molar-refractivity contribution in [1.29, 1.82) is 0 Å². The molecule has 0 heterocycles. The zero-order chi connectivity index (χ0) is 21.6. The van der Waals surface area contributed by atoms with Gasteiger partial charge in [0, 0.05) is 23.2 Å². The van der Waals surface area contributed by atoms with Gasteiger partial charge in [0.1, 0.15) is 0 Å². The first-order chi connectivity index (χ1) is 14.5. The fourth-order valence-corrected chi connectivity index (χ4v) is 5.46. The predicted molar refractivity (Wildman–Crippen MR) is 124 cm³/mol. The molecule has 3 rings (SSSR count). The average Bonchev–Trinajstić information content (AvgIpc) is 2.79. The molecule has 1 aromatic rings. The van der Waals surface area contributed by atoms with Crippen LogP contribution in [0, 0.1) is 11.8 Å². The molecule has 0 spiro atoms. The summed E-state index contributed by atoms with van der Waals surface area (Å²) in [5, 5.41) is 13.0. The number of rotatable bonds is 8. The van der Waals surface area contributed by atoms with E-state index < -0.39 is 0 Å². The van der Waals surface area contributed by atoms with Gasteiger partial charge in [-0.05, 0) is 90.4 Å². The molecule has 5 nitrogen and oxygen atoms in total. The Morgan fingerprint density at radius 2 is 1.87 bits per heavy atom. The lowest BCUT2D eigenvalue weighted by Crippen LogP contribution is -2.45. The number of ether oxygens (including phenoxy) is 1. The van der Waals surface area contributed by atoms with Crippen LogP contribution in [0.2, 0.25) is 0 Å². The number of esters is 1. The van der Waals surface area contributed by atoms with Crippen LogP contribution in [0.3, 0.4) is 0 Å². The third-order valence-corrected chi connectivity index (χ3v) is 7.92. The van der Waals surface area contributed by atoms with Gasteiger partial charge < -0.3 is 20.9 Å². The standard InChI is InChI=1S/C24H37BrN2O3/c1-2-24(10-4-3-5-11-24)27-14-20-12-19(13-21(25)22(20)26)23(29)30-16-18-8-6-17(15-28)7-9-18/h12-13,17-18,27-28H,2-11,14-16,26H2,1H3. The molecule has 0 radical (unpaired) electrons. The van der Waals surface area contributed by atoms with E-state index in [-0.39, 0.29) is 18.1 Å². The molecule has 2 aliphatic carbocycles. The highest BCUT2D eigenvalue weighted by Gasteiger charge is 2.29. The fourth-order valence-electron chi connectivity index (χ4n) is 4.96. The van der Waals surface area contributed by atoms with E-state index in [1.54, 1.807) is 6.07 Å². The summed E-state index contributed by atoms with van der Waals surface area (Å²) in [6.07, 6.45) is 11.4. The SMILES string of the molecule is CCC1(NCc2cc(C(=O)OCC3CCC(CO)CC3)cc(Br)c2N)CCCCC1. The molecular formula is C24H37BrN2O3. The van der Waals surface area contributed by atoms with Crippen molar-refractivity contribution in [2.24, 2.45) is 11.8 Å². The van der Waals surface area contributed by atoms with Crippen LogP contribution >= 0.6 is 15.9 Å². The van der Waals surface area contributed by atoms with E-state index in [2.05, 4.69) is 28.2 Å². The molecule has 0 amide bonds. The maximum Gasteiger partial charge on any atom is 0.338 e. The zero-order valence-corrected chi connectivity index (χ0v) is 19.8. The summed E-state index contributed by atoms with van der Waals surface area (Å²) in [7, 11) is 0. The first-order valence-corrected chi connectivity index (χ1v) is 12.4. The molecular weight excluding hydrogens is 444 g/mol. The van der Waals surface area contributed by atoms with Gasteiger partial charge >= 0.3 is 5.97 Å². The minimum Gasteiger partial charge on any atom is -0.462 e. The number of hydrogen-bond donors (Lipinski definition) is 3. The molecule has 6 heteroatoms. The van der Waals surface area contributed by atoms with Crippen LogP contribution in [0.15, 0.2) is 16.6 Å². The van der Waals surface area contributed by atoms with Crippen LogP contribution in [0.25, 0.3) is 0 Å². The minimum absolute atomic E-state index is 0.182. The Morgan fingerprint density at radius 3 is 2.50 bits per heavy atom. The van der Waals surface area contributed by atoms with Crippen molar-refractivity contribution in [2.75, 3.05) is 18.9 Å². The third kappa shape index (κ3) is 5.98. The van der Waals surface area contributed by atoms with Gasteiger partial charge in [0.15, 0.2) is 0 Å². The summed E-state index contributed by atoms with van der Waals surface area (Å²) in [4.78, 5) is 12.7. The van der Waals surface area contributed by atoms with Gasteiger partial charge in [-0.15, -0.1) is 0 Å². The van der Waals surface area contributed by atoms with Crippen LogP contribution in [-0.4, -0.2) is 29.8 Å². The van der Waals surface area contributed by atoms with Crippen molar-refractivity contribution in [3.05, 3.63) is 27.7 Å². The number of aliphatic hydroxyl groups excluding tert-OH is 1. The number of hydrogen-bond acceptors (Lipinski definition) is 5. The Balaban J connectivity index is 1.60. The summed E-state index contributed by atoms with van der Waals surface area (Å²) in [6, 6.07) is 3.64. The summed E-state index contributed by atoms with van der Waals surface area (Å²) in [5.41, 5.74) is 8.66. The molecule has 0 atom stereocenters. The normalized spacial score (nSPS) is 23.8. The van der Waals surface area contributed by atoms with Crippen molar-refractivity contribution in [2.45, 2.75) is 83.2 Å². The van der Waals surface area contributed by atoms with Gasteiger partial charge in [-0.25, -0.2) is 4.79 Å². The van der Waals surface area contributed by atoms with Crippen molar-refractivity contribution in [3.8, 4) is 0 Å². The first-order valence-electron chi connectivity index (χ1n) is 11.6. The van der Waals surface area contributed by atoms with Crippen molar-refractivity contribution >= 4 is 27.6 Å². The molecule has 0 aromatic heterocycles. The molecule has 0 saturated heterocycles. The number of carbonyl (C=O) groups excluding carboxylic acids is 1. The largest absolute Gasteiger partial charge is 0.462 e. The van der Waals surface area contributed by atoms with E-state index in [0.29, 0.717) is 36.2 Å². The van der Waals surface area contributed by atoms with Crippen LogP contribution < -0.4 is 11.1 Å². The lowest BCUT2D eigenvalue weighted by molar-refractivity contribution is 0.0379. The van der Waals surface area contributed by atoms with Gasteiger partial charge in [-0.3, -0.25) is 0 Å². The number of carbonyl (C=O) groups is 1. The van der Waals surface area contributed by atoms with Gasteiger partial charge in [0.25, 0.3) is 0 Å². The summed E-state index contributed by atoms with van der Waals surface area (Å²) >= 11 is 3.52. The van der Waals surface area contributed by atoms with Crippen molar-refractivity contribution in [3.63, 3.8) is 0 Å². The van der Waals surface area contributed by atoms with Gasteiger partial charge in [0.2, 0.25) is 0 Å². The Bertz CT molecular complexity index is 711. The fraction of sp³-hybridized carbons (Fsp3) is 0.708. The van der Waals surface area contributed by atoms with E-state index >= 15 is 0 Å². The Labute approximate surface area is 189 Å². The Kier molecular flexibility index (Phi) is 8.61. The zero-order valence-electron chi connectivity index (χ0n) is 18.2. The topological polar surface area (TPSA) is 84.6 Å². The van der Waals surface area contributed by atoms with Crippen LogP contribution in [0.4, 0.5) is 5.69 Å². The maximum absolute atomic E-state index is 12.7. The molecule has 30 heavy (non-hydrogen) atoms. The second kappa shape index (κ2) is 11.0. The second-order valence-corrected chi connectivity index (χ2v) is 10.1. The number of benzene rings is 1. The minimum atomic E-state index is -0.288. The van der Waals surface area contributed by atoms with E-state index in [0.717, 1.165) is 42.1 Å².